The second kappa shape index (κ2) is 19.1. The molecule has 13 heteroatoms. The van der Waals surface area contributed by atoms with Crippen molar-refractivity contribution in [2.45, 2.75) is 75.3 Å². The van der Waals surface area contributed by atoms with Crippen molar-refractivity contribution in [3.63, 3.8) is 0 Å². The first-order chi connectivity index (χ1) is 22.6. The van der Waals surface area contributed by atoms with E-state index >= 15 is 0 Å². The van der Waals surface area contributed by atoms with Crippen LogP contribution in [0.3, 0.4) is 0 Å². The van der Waals surface area contributed by atoms with Gasteiger partial charge in [-0.3, -0.25) is 9.59 Å². The van der Waals surface area contributed by atoms with Crippen LogP contribution in [0.2, 0.25) is 0 Å². The average Bonchev–Trinajstić information content (AvgIpc) is 3.05. The summed E-state index contributed by atoms with van der Waals surface area (Å²) >= 11 is 0. The summed E-state index contributed by atoms with van der Waals surface area (Å²) in [6, 6.07) is 14.7. The zero-order chi connectivity index (χ0) is 34.2. The highest BCUT2D eigenvalue weighted by Crippen LogP contribution is 2.34. The molecule has 2 aromatic carbocycles. The number of hydrogen-bond donors (Lipinski definition) is 5. The molecule has 6 atom stereocenters. The molecular formula is C34H43NO12. The third kappa shape index (κ3) is 11.7. The Bertz CT molecular complexity index is 1330. The number of unbranched alkanes of at least 4 members (excludes halogenated alkanes) is 1. The lowest BCUT2D eigenvalue weighted by molar-refractivity contribution is -0.312. The Morgan fingerprint density at radius 2 is 1.72 bits per heavy atom. The van der Waals surface area contributed by atoms with Crippen molar-refractivity contribution in [2.75, 3.05) is 33.0 Å². The Kier molecular flexibility index (Phi) is 15.3. The molecule has 13 nitrogen and oxygen atoms in total. The first-order valence-corrected chi connectivity index (χ1v) is 15.4. The molecule has 0 aliphatic carbocycles. The molecule has 0 bridgehead atoms. The predicted molar refractivity (Wildman–Crippen MR) is 168 cm³/mol. The Morgan fingerprint density at radius 1 is 1.02 bits per heavy atom. The highest BCUT2D eigenvalue weighted by molar-refractivity contribution is 5.96. The number of ether oxygens (including phenoxy) is 5. The summed E-state index contributed by atoms with van der Waals surface area (Å²) in [5.41, 5.74) is 0.467. The molecule has 5 N–H and O–H groups in total. The quantitative estimate of drug-likeness (QED) is 0.0793. The fourth-order valence-electron chi connectivity index (χ4n) is 5.10. The standard InChI is InChI=1S/C34H43NO12/c1-3-16-43-17-18-44-19-20-45-34(33(41)42)22-29(39)30(35-23(2)36)32(47-34)31(40)28(38)15-8-7-14-27(37)24-10-9-13-26(21-24)46-25-11-5-4-6-12-25/h1,4-6,9-13,21,28-32,38-40H,7-8,14-20,22H2,2H3,(H,35,36)(H,41,42)/t28-,29+,30-,31-,32-,34-/m1/s1. The van der Waals surface area contributed by atoms with E-state index in [4.69, 9.17) is 30.1 Å². The van der Waals surface area contributed by atoms with Gasteiger partial charge in [-0.2, -0.15) is 0 Å². The van der Waals surface area contributed by atoms with Crippen LogP contribution in [0.15, 0.2) is 54.6 Å². The van der Waals surface area contributed by atoms with Crippen LogP contribution in [0.1, 0.15) is 49.4 Å². The third-order valence-electron chi connectivity index (χ3n) is 7.41. The second-order valence-electron chi connectivity index (χ2n) is 11.0. The van der Waals surface area contributed by atoms with Gasteiger partial charge in [0.25, 0.3) is 5.79 Å². The average molecular weight is 658 g/mol. The molecular weight excluding hydrogens is 614 g/mol. The smallest absolute Gasteiger partial charge is 0.364 e. The molecule has 1 saturated heterocycles. The first kappa shape index (κ1) is 37.6. The molecule has 0 aromatic heterocycles. The van der Waals surface area contributed by atoms with E-state index < -0.39 is 54.5 Å². The van der Waals surface area contributed by atoms with Crippen LogP contribution >= 0.6 is 0 Å². The molecule has 1 fully saturated rings. The number of carbonyl (C=O) groups excluding carboxylic acids is 2. The Labute approximate surface area is 273 Å². The van der Waals surface area contributed by atoms with Gasteiger partial charge in [0.2, 0.25) is 5.91 Å². The largest absolute Gasteiger partial charge is 0.477 e. The number of Topliss-reactive ketones (excluding diaryl/α,β-unsaturated/α-hetero) is 1. The SMILES string of the molecule is C#CCOCCOCCO[C@]1(C(=O)O)C[C@H](O)[C@@H](NC(C)=O)[C@H]([C@H](O)[C@H](O)CCCCC(=O)c2cccc(Oc3ccccc3)c2)O1. The van der Waals surface area contributed by atoms with Crippen LogP contribution in [0, 0.1) is 12.3 Å². The molecule has 2 aromatic rings. The molecule has 1 heterocycles. The minimum absolute atomic E-state index is 0.0187. The number of carboxylic acid groups (broad SMARTS) is 1. The van der Waals surface area contributed by atoms with E-state index in [1.54, 1.807) is 36.4 Å². The lowest BCUT2D eigenvalue weighted by Crippen LogP contribution is -2.67. The summed E-state index contributed by atoms with van der Waals surface area (Å²) in [6.45, 7) is 1.41. The van der Waals surface area contributed by atoms with E-state index in [0.29, 0.717) is 29.9 Å². The number of aliphatic carboxylic acids is 1. The maximum atomic E-state index is 12.8. The Hall–Kier alpha value is -3.87. The van der Waals surface area contributed by atoms with Gasteiger partial charge < -0.3 is 49.4 Å². The van der Waals surface area contributed by atoms with Crippen molar-refractivity contribution < 1.29 is 58.5 Å². The molecule has 0 spiro atoms. The number of benzene rings is 2. The summed E-state index contributed by atoms with van der Waals surface area (Å²) in [6.07, 6.45) is -0.814. The lowest BCUT2D eigenvalue weighted by Gasteiger charge is -2.46. The fourth-order valence-corrected chi connectivity index (χ4v) is 5.10. The van der Waals surface area contributed by atoms with Gasteiger partial charge in [-0.25, -0.2) is 4.79 Å². The normalized spacial score (nSPS) is 22.1. The van der Waals surface area contributed by atoms with Crippen LogP contribution < -0.4 is 10.1 Å². The van der Waals surface area contributed by atoms with Crippen LogP contribution in [-0.2, 0) is 28.5 Å². The monoisotopic (exact) mass is 657 g/mol. The number of carboxylic acids is 1. The number of hydrogen-bond acceptors (Lipinski definition) is 11. The minimum atomic E-state index is -2.39. The van der Waals surface area contributed by atoms with E-state index in [1.165, 1.54) is 6.92 Å². The van der Waals surface area contributed by atoms with Crippen LogP contribution in [0.5, 0.6) is 11.5 Å². The number of rotatable bonds is 20. The number of terminal acetylenes is 1. The summed E-state index contributed by atoms with van der Waals surface area (Å²) in [5.74, 6) is -1.19. The second-order valence-corrected chi connectivity index (χ2v) is 11.0. The molecule has 47 heavy (non-hydrogen) atoms. The first-order valence-electron chi connectivity index (χ1n) is 15.4. The van der Waals surface area contributed by atoms with Gasteiger partial charge in [0.1, 0.15) is 30.3 Å². The molecule has 1 aliphatic heterocycles. The van der Waals surface area contributed by atoms with Crippen molar-refractivity contribution in [1.82, 2.24) is 5.32 Å². The number of aliphatic hydroxyl groups excluding tert-OH is 3. The van der Waals surface area contributed by atoms with Gasteiger partial charge in [0.15, 0.2) is 5.78 Å². The van der Waals surface area contributed by atoms with Crippen molar-refractivity contribution in [1.29, 1.82) is 0 Å². The maximum absolute atomic E-state index is 12.8. The van der Waals surface area contributed by atoms with E-state index in [9.17, 15) is 34.8 Å². The number of nitrogens with one attached hydrogen (secondary N) is 1. The molecule has 1 aliphatic rings. The molecule has 0 unspecified atom stereocenters. The summed E-state index contributed by atoms with van der Waals surface area (Å²) in [7, 11) is 0. The number of para-hydroxylation sites is 1. The van der Waals surface area contributed by atoms with Crippen LogP contribution in [-0.4, -0.2) is 107 Å². The van der Waals surface area contributed by atoms with E-state index in [2.05, 4.69) is 11.2 Å². The van der Waals surface area contributed by atoms with E-state index in [1.807, 2.05) is 18.2 Å². The highest BCUT2D eigenvalue weighted by Gasteiger charge is 2.55. The van der Waals surface area contributed by atoms with Gasteiger partial charge in [-0.1, -0.05) is 42.7 Å². The topological polar surface area (TPSA) is 190 Å². The van der Waals surface area contributed by atoms with Gasteiger partial charge >= 0.3 is 5.97 Å². The van der Waals surface area contributed by atoms with Crippen molar-refractivity contribution in [3.8, 4) is 23.8 Å². The predicted octanol–water partition coefficient (Wildman–Crippen LogP) is 2.06. The van der Waals surface area contributed by atoms with Gasteiger partial charge in [0, 0.05) is 25.3 Å². The van der Waals surface area contributed by atoms with Crippen molar-refractivity contribution in [2.24, 2.45) is 0 Å². The van der Waals surface area contributed by atoms with Crippen molar-refractivity contribution in [3.05, 3.63) is 60.2 Å². The molecule has 1 amide bonds. The Balaban J connectivity index is 1.56. The minimum Gasteiger partial charge on any atom is -0.477 e. The van der Waals surface area contributed by atoms with E-state index in [0.717, 1.165) is 0 Å². The van der Waals surface area contributed by atoms with Crippen LogP contribution in [0.4, 0.5) is 0 Å². The zero-order valence-corrected chi connectivity index (χ0v) is 26.3. The fraction of sp³-hybridized carbons (Fsp3) is 0.500. The third-order valence-corrected chi connectivity index (χ3v) is 7.41. The number of ketones is 1. The Morgan fingerprint density at radius 3 is 2.43 bits per heavy atom. The number of amides is 1. The van der Waals surface area contributed by atoms with Crippen LogP contribution in [0.25, 0.3) is 0 Å². The summed E-state index contributed by atoms with van der Waals surface area (Å²) < 4.78 is 27.5. The summed E-state index contributed by atoms with van der Waals surface area (Å²) in [4.78, 5) is 37.0. The maximum Gasteiger partial charge on any atom is 0.364 e. The number of carbonyl (C=O) groups is 3. The summed E-state index contributed by atoms with van der Waals surface area (Å²) in [5, 5.41) is 45.3. The number of aliphatic hydroxyl groups is 3. The molecule has 0 saturated carbocycles. The highest BCUT2D eigenvalue weighted by atomic mass is 16.7. The van der Waals surface area contributed by atoms with Gasteiger partial charge in [0.05, 0.1) is 44.7 Å². The lowest BCUT2D eigenvalue weighted by atomic mass is 9.87. The van der Waals surface area contributed by atoms with E-state index in [-0.39, 0.29) is 51.7 Å². The van der Waals surface area contributed by atoms with Gasteiger partial charge in [-0.15, -0.1) is 6.42 Å². The van der Waals surface area contributed by atoms with Gasteiger partial charge in [-0.05, 0) is 37.1 Å². The molecule has 0 radical (unpaired) electrons. The van der Waals surface area contributed by atoms with Crippen molar-refractivity contribution >= 4 is 17.7 Å². The molecule has 256 valence electrons. The zero-order valence-electron chi connectivity index (χ0n) is 26.3. The molecule has 3 rings (SSSR count).